The molecule has 1 aliphatic rings. The average molecular weight is 280 g/mol. The van der Waals surface area contributed by atoms with Gasteiger partial charge in [-0.25, -0.2) is 0 Å². The van der Waals surface area contributed by atoms with Gasteiger partial charge in [0.1, 0.15) is 6.54 Å². The van der Waals surface area contributed by atoms with Crippen LogP contribution in [0.2, 0.25) is 0 Å². The second kappa shape index (κ2) is 6.59. The molecule has 0 bridgehead atoms. The van der Waals surface area contributed by atoms with Gasteiger partial charge in [0.25, 0.3) is 0 Å². The number of amides is 1. The summed E-state index contributed by atoms with van der Waals surface area (Å²) in [5, 5.41) is 0. The van der Waals surface area contributed by atoms with E-state index in [0.29, 0.717) is 0 Å². The number of carbonyl (C=O) groups excluding carboxylic acids is 1. The largest absolute Gasteiger partial charge is 0.406 e. The monoisotopic (exact) mass is 280 g/mol. The molecule has 1 amide bonds. The number of halogens is 3. The molecule has 0 aliphatic heterocycles. The van der Waals surface area contributed by atoms with Crippen LogP contribution in [0.4, 0.5) is 13.2 Å². The lowest BCUT2D eigenvalue weighted by molar-refractivity contribution is -0.165. The minimum Gasteiger partial charge on any atom is -0.331 e. The van der Waals surface area contributed by atoms with Crippen molar-refractivity contribution in [3.05, 3.63) is 0 Å². The molecule has 19 heavy (non-hydrogen) atoms. The number of nitrogens with two attached hydrogens (primary N) is 1. The highest BCUT2D eigenvalue weighted by atomic mass is 19.4. The Balaban J connectivity index is 2.57. The van der Waals surface area contributed by atoms with E-state index in [4.69, 9.17) is 5.73 Å². The Morgan fingerprint density at radius 1 is 1.37 bits per heavy atom. The fourth-order valence-corrected chi connectivity index (χ4v) is 2.63. The fraction of sp³-hybridized carbons (Fsp3) is 0.923. The van der Waals surface area contributed by atoms with E-state index < -0.39 is 24.7 Å². The van der Waals surface area contributed by atoms with Crippen molar-refractivity contribution in [3.8, 4) is 0 Å². The van der Waals surface area contributed by atoms with Gasteiger partial charge in [-0.1, -0.05) is 6.42 Å². The highest BCUT2D eigenvalue weighted by molar-refractivity contribution is 5.76. The number of rotatable bonds is 4. The van der Waals surface area contributed by atoms with Crippen molar-refractivity contribution in [1.82, 2.24) is 4.90 Å². The first-order chi connectivity index (χ1) is 8.69. The van der Waals surface area contributed by atoms with Crippen LogP contribution < -0.4 is 5.73 Å². The third-order valence-electron chi connectivity index (χ3n) is 3.58. The highest BCUT2D eigenvalue weighted by Crippen LogP contribution is 2.27. The van der Waals surface area contributed by atoms with Crippen molar-refractivity contribution in [2.24, 2.45) is 11.7 Å². The Bertz CT molecular complexity index is 305. The van der Waals surface area contributed by atoms with E-state index >= 15 is 0 Å². The van der Waals surface area contributed by atoms with Crippen molar-refractivity contribution in [3.63, 3.8) is 0 Å². The summed E-state index contributed by atoms with van der Waals surface area (Å²) in [7, 11) is 0. The summed E-state index contributed by atoms with van der Waals surface area (Å²) in [6, 6.07) is -0.354. The first-order valence-corrected chi connectivity index (χ1v) is 6.81. The van der Waals surface area contributed by atoms with Crippen molar-refractivity contribution in [2.75, 3.05) is 6.54 Å². The molecule has 1 saturated carbocycles. The SMILES string of the molecule is CC(C)N(CC(F)(F)F)C(=O)CC1CCCC(N)C1. The Morgan fingerprint density at radius 2 is 2.00 bits per heavy atom. The number of hydrogen-bond donors (Lipinski definition) is 1. The molecule has 6 heteroatoms. The standard InChI is InChI=1S/C13H23F3N2O/c1-9(2)18(8-13(14,15)16)12(19)7-10-4-3-5-11(17)6-10/h9-11H,3-8,17H2,1-2H3. The smallest absolute Gasteiger partial charge is 0.331 e. The first-order valence-electron chi connectivity index (χ1n) is 6.81. The van der Waals surface area contributed by atoms with Crippen molar-refractivity contribution in [2.45, 2.75) is 64.2 Å². The number of carbonyl (C=O) groups is 1. The molecule has 2 atom stereocenters. The molecule has 112 valence electrons. The Morgan fingerprint density at radius 3 is 2.47 bits per heavy atom. The van der Waals surface area contributed by atoms with Gasteiger partial charge in [-0.15, -0.1) is 0 Å². The van der Waals surface area contributed by atoms with Crippen molar-refractivity contribution < 1.29 is 18.0 Å². The summed E-state index contributed by atoms with van der Waals surface area (Å²) in [5.74, 6) is -0.280. The van der Waals surface area contributed by atoms with Crippen LogP contribution in [-0.4, -0.2) is 35.6 Å². The molecule has 0 aromatic heterocycles. The molecule has 2 unspecified atom stereocenters. The van der Waals surface area contributed by atoms with Gasteiger partial charge in [0.2, 0.25) is 5.91 Å². The van der Waals surface area contributed by atoms with Gasteiger partial charge in [0, 0.05) is 18.5 Å². The Labute approximate surface area is 112 Å². The summed E-state index contributed by atoms with van der Waals surface area (Å²) in [6.45, 7) is 2.05. The van der Waals surface area contributed by atoms with Crippen LogP contribution in [-0.2, 0) is 4.79 Å². The van der Waals surface area contributed by atoms with Crippen LogP contribution in [0, 0.1) is 5.92 Å². The van der Waals surface area contributed by atoms with Gasteiger partial charge < -0.3 is 10.6 Å². The molecule has 0 heterocycles. The lowest BCUT2D eigenvalue weighted by atomic mass is 9.84. The van der Waals surface area contributed by atoms with Crippen LogP contribution in [0.3, 0.4) is 0 Å². The predicted molar refractivity (Wildman–Crippen MR) is 67.5 cm³/mol. The molecule has 1 rings (SSSR count). The molecule has 0 spiro atoms. The number of hydrogen-bond acceptors (Lipinski definition) is 2. The van der Waals surface area contributed by atoms with E-state index in [2.05, 4.69) is 0 Å². The summed E-state index contributed by atoms with van der Waals surface area (Å²) in [6.07, 6.45) is -0.632. The highest BCUT2D eigenvalue weighted by Gasteiger charge is 2.35. The molecule has 1 aliphatic carbocycles. The van der Waals surface area contributed by atoms with Gasteiger partial charge >= 0.3 is 6.18 Å². The van der Waals surface area contributed by atoms with Crippen molar-refractivity contribution in [1.29, 1.82) is 0 Å². The number of nitrogens with zero attached hydrogens (tertiary/aromatic N) is 1. The van der Waals surface area contributed by atoms with E-state index in [9.17, 15) is 18.0 Å². The predicted octanol–water partition coefficient (Wildman–Crippen LogP) is 2.69. The lowest BCUT2D eigenvalue weighted by Crippen LogP contribution is -2.44. The molecule has 3 nitrogen and oxygen atoms in total. The van der Waals surface area contributed by atoms with Crippen LogP contribution in [0.1, 0.15) is 46.0 Å². The van der Waals surface area contributed by atoms with Crippen LogP contribution in [0.15, 0.2) is 0 Å². The second-order valence-electron chi connectivity index (χ2n) is 5.73. The zero-order valence-corrected chi connectivity index (χ0v) is 11.5. The third kappa shape index (κ3) is 5.80. The summed E-state index contributed by atoms with van der Waals surface area (Å²) >= 11 is 0. The second-order valence-corrected chi connectivity index (χ2v) is 5.73. The van der Waals surface area contributed by atoms with Gasteiger partial charge in [-0.3, -0.25) is 4.79 Å². The summed E-state index contributed by atoms with van der Waals surface area (Å²) in [4.78, 5) is 12.9. The zero-order valence-electron chi connectivity index (χ0n) is 11.5. The van der Waals surface area contributed by atoms with Crippen LogP contribution >= 0.6 is 0 Å². The number of alkyl halides is 3. The Hall–Kier alpha value is -0.780. The maximum absolute atomic E-state index is 12.5. The van der Waals surface area contributed by atoms with E-state index in [1.807, 2.05) is 0 Å². The van der Waals surface area contributed by atoms with E-state index in [1.54, 1.807) is 13.8 Å². The third-order valence-corrected chi connectivity index (χ3v) is 3.58. The van der Waals surface area contributed by atoms with Gasteiger partial charge in [0.05, 0.1) is 0 Å². The van der Waals surface area contributed by atoms with Gasteiger partial charge in [-0.05, 0) is 39.0 Å². The van der Waals surface area contributed by atoms with Gasteiger partial charge in [0.15, 0.2) is 0 Å². The Kier molecular flexibility index (Phi) is 5.64. The van der Waals surface area contributed by atoms with Crippen molar-refractivity contribution >= 4 is 5.91 Å². The molecule has 0 saturated heterocycles. The topological polar surface area (TPSA) is 46.3 Å². The van der Waals surface area contributed by atoms with Crippen LogP contribution in [0.25, 0.3) is 0 Å². The van der Waals surface area contributed by atoms with E-state index in [1.165, 1.54) is 0 Å². The van der Waals surface area contributed by atoms with E-state index in [-0.39, 0.29) is 18.4 Å². The quantitative estimate of drug-likeness (QED) is 0.860. The molecule has 1 fully saturated rings. The first kappa shape index (κ1) is 16.3. The zero-order chi connectivity index (χ0) is 14.6. The molecule has 0 radical (unpaired) electrons. The molecular weight excluding hydrogens is 257 g/mol. The van der Waals surface area contributed by atoms with Crippen LogP contribution in [0.5, 0.6) is 0 Å². The fourth-order valence-electron chi connectivity index (χ4n) is 2.63. The molecular formula is C13H23F3N2O. The minimum absolute atomic E-state index is 0.0849. The lowest BCUT2D eigenvalue weighted by Gasteiger charge is -2.31. The average Bonchev–Trinajstić information content (AvgIpc) is 2.24. The van der Waals surface area contributed by atoms with Gasteiger partial charge in [-0.2, -0.15) is 13.2 Å². The minimum atomic E-state index is -4.34. The molecule has 2 N–H and O–H groups in total. The summed E-state index contributed by atoms with van der Waals surface area (Å²) in [5.41, 5.74) is 5.83. The normalized spacial score (nSPS) is 24.6. The maximum Gasteiger partial charge on any atom is 0.406 e. The molecule has 0 aromatic rings. The summed E-state index contributed by atoms with van der Waals surface area (Å²) < 4.78 is 37.4. The maximum atomic E-state index is 12.5. The van der Waals surface area contributed by atoms with E-state index in [0.717, 1.165) is 30.6 Å². The molecule has 0 aromatic carbocycles.